The molecule has 7 nitrogen and oxygen atoms in total. The highest BCUT2D eigenvalue weighted by atomic mass is 19.4. The van der Waals surface area contributed by atoms with Crippen molar-refractivity contribution in [3.8, 4) is 0 Å². The van der Waals surface area contributed by atoms with Crippen molar-refractivity contribution in [1.29, 1.82) is 0 Å². The Bertz CT molecular complexity index is 1090. The van der Waals surface area contributed by atoms with Crippen LogP contribution >= 0.6 is 0 Å². The highest BCUT2D eigenvalue weighted by Crippen LogP contribution is 2.32. The number of nitrogens with two attached hydrogens (primary N) is 1. The number of alkyl halides is 4. The molecule has 1 aromatic rings. The first-order valence-corrected chi connectivity index (χ1v) is 13.0. The fourth-order valence-electron chi connectivity index (χ4n) is 4.67. The lowest BCUT2D eigenvalue weighted by Crippen LogP contribution is -2.52. The van der Waals surface area contributed by atoms with Gasteiger partial charge in [0, 0.05) is 54.7 Å². The molecule has 38 heavy (non-hydrogen) atoms. The molecule has 2 aliphatic heterocycles. The Morgan fingerprint density at radius 3 is 2.53 bits per heavy atom. The summed E-state index contributed by atoms with van der Waals surface area (Å²) in [6.07, 6.45) is -1.79. The van der Waals surface area contributed by atoms with Crippen molar-refractivity contribution in [3.05, 3.63) is 53.4 Å². The summed E-state index contributed by atoms with van der Waals surface area (Å²) >= 11 is 0. The van der Waals surface area contributed by atoms with Gasteiger partial charge in [0.1, 0.15) is 17.7 Å². The number of amides is 1. The van der Waals surface area contributed by atoms with Crippen molar-refractivity contribution in [2.24, 2.45) is 16.6 Å². The maximum Gasteiger partial charge on any atom is 0.416 e. The number of likely N-dealkylation sites (tertiary alicyclic amines) is 1. The molecule has 4 rings (SSSR count). The molecule has 2 heterocycles. The number of benzene rings is 1. The number of piperidine rings is 1. The number of nitrogens with one attached hydrogen (secondary N) is 2. The number of ether oxygens (including phenoxy) is 1. The lowest BCUT2D eigenvalue weighted by Gasteiger charge is -2.36. The van der Waals surface area contributed by atoms with Crippen molar-refractivity contribution < 1.29 is 27.1 Å². The van der Waals surface area contributed by atoms with Crippen LogP contribution in [0.25, 0.3) is 0 Å². The number of anilines is 1. The van der Waals surface area contributed by atoms with E-state index in [-0.39, 0.29) is 47.6 Å². The first-order valence-electron chi connectivity index (χ1n) is 13.0. The first kappa shape index (κ1) is 28.1. The zero-order chi connectivity index (χ0) is 27.4. The van der Waals surface area contributed by atoms with E-state index in [1.807, 2.05) is 0 Å². The van der Waals surface area contributed by atoms with Crippen LogP contribution in [0.2, 0.25) is 0 Å². The summed E-state index contributed by atoms with van der Waals surface area (Å²) in [6, 6.07) is 4.61. The maximum absolute atomic E-state index is 14.2. The molecule has 0 aromatic heterocycles. The minimum atomic E-state index is -4.48. The predicted octanol–water partition coefficient (Wildman–Crippen LogP) is 4.38. The van der Waals surface area contributed by atoms with Gasteiger partial charge in [-0.2, -0.15) is 13.2 Å². The van der Waals surface area contributed by atoms with Crippen LogP contribution in [0.4, 0.5) is 23.2 Å². The highest BCUT2D eigenvalue weighted by molar-refractivity contribution is 5.99. The van der Waals surface area contributed by atoms with Gasteiger partial charge in [0.25, 0.3) is 5.91 Å². The van der Waals surface area contributed by atoms with Crippen LogP contribution in [0, 0.1) is 5.92 Å². The standard InChI is InChI=1S/C27H35F4N5O2/c1-16(17(2)33-21-5-3-4-19(14-21)27(29,30)31)24(35-25(32)18-6-7-18)26(37)36-11-8-20(9-12-36)34-23-10-13-38-15-22(23)28/h3-5,14,18,20,22-23,33-34H,2,6-13,15H2,1H3,(H2,32,35)/b24-16-/t22-,23+/m1/s1. The molecule has 208 valence electrons. The van der Waals surface area contributed by atoms with E-state index in [4.69, 9.17) is 10.5 Å². The van der Waals surface area contributed by atoms with Gasteiger partial charge < -0.3 is 26.0 Å². The molecule has 1 aliphatic carbocycles. The fraction of sp³-hybridized carbons (Fsp3) is 0.556. The summed E-state index contributed by atoms with van der Waals surface area (Å²) < 4.78 is 58.7. The van der Waals surface area contributed by atoms with Crippen LogP contribution in [0.3, 0.4) is 0 Å². The van der Waals surface area contributed by atoms with Crippen molar-refractivity contribution in [2.45, 2.75) is 63.5 Å². The van der Waals surface area contributed by atoms with Crippen molar-refractivity contribution in [3.63, 3.8) is 0 Å². The second-order valence-corrected chi connectivity index (χ2v) is 10.2. The number of hydrogen-bond donors (Lipinski definition) is 3. The number of carbonyl (C=O) groups is 1. The third kappa shape index (κ3) is 7.13. The highest BCUT2D eigenvalue weighted by Gasteiger charge is 2.33. The number of hydrogen-bond acceptors (Lipinski definition) is 5. The number of aliphatic imine (C=N–C) groups is 1. The Morgan fingerprint density at radius 1 is 1.18 bits per heavy atom. The largest absolute Gasteiger partial charge is 0.416 e. The minimum Gasteiger partial charge on any atom is -0.387 e. The molecule has 11 heteroatoms. The number of halogens is 4. The van der Waals surface area contributed by atoms with Crippen molar-refractivity contribution >= 4 is 17.4 Å². The van der Waals surface area contributed by atoms with E-state index in [1.54, 1.807) is 11.8 Å². The molecule has 3 aliphatic rings. The van der Waals surface area contributed by atoms with E-state index >= 15 is 0 Å². The zero-order valence-electron chi connectivity index (χ0n) is 21.5. The topological polar surface area (TPSA) is 92.0 Å². The molecule has 1 saturated carbocycles. The third-order valence-corrected chi connectivity index (χ3v) is 7.25. The predicted molar refractivity (Wildman–Crippen MR) is 138 cm³/mol. The van der Waals surface area contributed by atoms with Gasteiger partial charge in [-0.1, -0.05) is 12.6 Å². The number of amidine groups is 1. The molecule has 0 bridgehead atoms. The molecule has 3 fully saturated rings. The molecule has 0 spiro atoms. The lowest BCUT2D eigenvalue weighted by atomic mass is 10.00. The normalized spacial score (nSPS) is 24.1. The third-order valence-electron chi connectivity index (χ3n) is 7.25. The average Bonchev–Trinajstić information content (AvgIpc) is 3.74. The maximum atomic E-state index is 14.2. The molecular formula is C27H35F4N5O2. The molecule has 0 unspecified atom stereocenters. The number of rotatable bonds is 8. The summed E-state index contributed by atoms with van der Waals surface area (Å²) in [7, 11) is 0. The molecule has 1 amide bonds. The van der Waals surface area contributed by atoms with Gasteiger partial charge in [0.15, 0.2) is 0 Å². The monoisotopic (exact) mass is 537 g/mol. The molecule has 1 aromatic carbocycles. The van der Waals surface area contributed by atoms with Crippen LogP contribution in [-0.2, 0) is 15.7 Å². The Hall–Kier alpha value is -2.92. The van der Waals surface area contributed by atoms with Gasteiger partial charge in [0.2, 0.25) is 0 Å². The van der Waals surface area contributed by atoms with Crippen molar-refractivity contribution in [1.82, 2.24) is 10.2 Å². The van der Waals surface area contributed by atoms with Gasteiger partial charge >= 0.3 is 6.18 Å². The van der Waals surface area contributed by atoms with Crippen molar-refractivity contribution in [2.75, 3.05) is 31.6 Å². The number of allylic oxidation sites excluding steroid dienone is 1. The van der Waals surface area contributed by atoms with Crippen LogP contribution in [0.15, 0.2) is 52.8 Å². The number of carbonyl (C=O) groups excluding carboxylic acids is 1. The quantitative estimate of drug-likeness (QED) is 0.151. The second-order valence-electron chi connectivity index (χ2n) is 10.2. The van der Waals surface area contributed by atoms with E-state index in [0.717, 1.165) is 25.0 Å². The fourth-order valence-corrected chi connectivity index (χ4v) is 4.67. The van der Waals surface area contributed by atoms with Gasteiger partial charge in [-0.15, -0.1) is 0 Å². The van der Waals surface area contributed by atoms with E-state index in [2.05, 4.69) is 22.2 Å². The van der Waals surface area contributed by atoms with E-state index < -0.39 is 17.9 Å². The second kappa shape index (κ2) is 11.9. The summed E-state index contributed by atoms with van der Waals surface area (Å²) in [6.45, 7) is 7.15. The zero-order valence-corrected chi connectivity index (χ0v) is 21.5. The Kier molecular flexibility index (Phi) is 8.77. The van der Waals surface area contributed by atoms with E-state index in [9.17, 15) is 22.4 Å². The smallest absolute Gasteiger partial charge is 0.387 e. The Morgan fingerprint density at radius 2 is 1.89 bits per heavy atom. The first-order chi connectivity index (χ1) is 18.0. The van der Waals surface area contributed by atoms with Gasteiger partial charge in [-0.25, -0.2) is 9.38 Å². The van der Waals surface area contributed by atoms with Crippen LogP contribution in [0.5, 0.6) is 0 Å². The summed E-state index contributed by atoms with van der Waals surface area (Å²) in [5.74, 6) is 0.175. The van der Waals surface area contributed by atoms with Gasteiger partial charge in [-0.05, 0) is 57.2 Å². The van der Waals surface area contributed by atoms with E-state index in [1.165, 1.54) is 12.1 Å². The van der Waals surface area contributed by atoms with Crippen LogP contribution in [0.1, 0.15) is 44.6 Å². The number of nitrogens with zero attached hydrogens (tertiary/aromatic N) is 2. The molecule has 4 N–H and O–H groups in total. The van der Waals surface area contributed by atoms with Gasteiger partial charge in [-0.3, -0.25) is 4.79 Å². The van der Waals surface area contributed by atoms with E-state index in [0.29, 0.717) is 50.4 Å². The Balaban J connectivity index is 1.47. The summed E-state index contributed by atoms with van der Waals surface area (Å²) in [5, 5.41) is 6.26. The summed E-state index contributed by atoms with van der Waals surface area (Å²) in [5.41, 5.74) is 6.34. The lowest BCUT2D eigenvalue weighted by molar-refractivity contribution is -0.137. The minimum absolute atomic E-state index is 0.0894. The Labute approximate surface area is 220 Å². The van der Waals surface area contributed by atoms with Crippen LogP contribution < -0.4 is 16.4 Å². The molecular weight excluding hydrogens is 502 g/mol. The molecule has 0 radical (unpaired) electrons. The molecule has 2 atom stereocenters. The summed E-state index contributed by atoms with van der Waals surface area (Å²) in [4.78, 5) is 19.8. The van der Waals surface area contributed by atoms with Crippen LogP contribution in [-0.4, -0.2) is 61.2 Å². The SMILES string of the molecule is C=C(Nc1cccc(C(F)(F)F)c1)/C(C)=C(\N=C(/N)C1CC1)C(=O)N1CCC(N[C@H]2CCOC[C@H]2F)CC1. The van der Waals surface area contributed by atoms with Gasteiger partial charge in [0.05, 0.1) is 12.2 Å². The average molecular weight is 538 g/mol. The molecule has 2 saturated heterocycles.